The Balaban J connectivity index is 0.000000642. The highest BCUT2D eigenvalue weighted by molar-refractivity contribution is 5.94. The minimum atomic E-state index is -0.270. The molecule has 0 aromatic heterocycles. The summed E-state index contributed by atoms with van der Waals surface area (Å²) in [5.41, 5.74) is 12.2. The van der Waals surface area contributed by atoms with Crippen molar-refractivity contribution in [1.82, 2.24) is 0 Å². The average molecular weight is 451 g/mol. The molecule has 0 amide bonds. The Morgan fingerprint density at radius 3 is 1.97 bits per heavy atom. The Bertz CT molecular complexity index is 968. The Kier molecular flexibility index (Phi) is 14.0. The van der Waals surface area contributed by atoms with Gasteiger partial charge in [-0.2, -0.15) is 0 Å². The predicted molar refractivity (Wildman–Crippen MR) is 142 cm³/mol. The van der Waals surface area contributed by atoms with Crippen molar-refractivity contribution in [2.75, 3.05) is 11.9 Å². The molecule has 2 rings (SSSR count). The van der Waals surface area contributed by atoms with Gasteiger partial charge >= 0.3 is 0 Å². The number of nitrogens with two attached hydrogens (primary N) is 1. The molecule has 0 atom stereocenters. The van der Waals surface area contributed by atoms with E-state index in [0.29, 0.717) is 18.5 Å². The third-order valence-corrected chi connectivity index (χ3v) is 4.64. The first kappa shape index (κ1) is 29.8. The molecule has 0 radical (unpaired) electrons. The smallest absolute Gasteiger partial charge is 0.156 e. The SMILES string of the molecule is C.C=C(C)C(=C\C)/C=C(/Cc1ccc(F)cc1)C(C)=O.C=C(C)Nc1ccc(CCN)cc1. The molecule has 0 saturated heterocycles. The van der Waals surface area contributed by atoms with Crippen LogP contribution in [0.3, 0.4) is 0 Å². The zero-order valence-corrected chi connectivity index (χ0v) is 19.7. The van der Waals surface area contributed by atoms with Crippen LogP contribution in [0.5, 0.6) is 0 Å². The van der Waals surface area contributed by atoms with E-state index in [1.807, 2.05) is 45.1 Å². The molecule has 0 fully saturated rings. The largest absolute Gasteiger partial charge is 0.360 e. The van der Waals surface area contributed by atoms with E-state index in [1.165, 1.54) is 17.7 Å². The van der Waals surface area contributed by atoms with Crippen LogP contribution < -0.4 is 11.1 Å². The first-order valence-corrected chi connectivity index (χ1v) is 10.7. The molecule has 0 saturated carbocycles. The maximum absolute atomic E-state index is 12.9. The Morgan fingerprint density at radius 2 is 1.55 bits per heavy atom. The van der Waals surface area contributed by atoms with Gasteiger partial charge in [0.2, 0.25) is 0 Å². The maximum atomic E-state index is 12.9. The van der Waals surface area contributed by atoms with Gasteiger partial charge in [-0.25, -0.2) is 4.39 Å². The molecule has 0 aliphatic heterocycles. The van der Waals surface area contributed by atoms with Crippen LogP contribution in [-0.4, -0.2) is 12.3 Å². The van der Waals surface area contributed by atoms with Crippen molar-refractivity contribution in [3.8, 4) is 0 Å². The first-order valence-electron chi connectivity index (χ1n) is 10.7. The van der Waals surface area contributed by atoms with Gasteiger partial charge in [-0.1, -0.05) is 56.5 Å². The molecule has 0 unspecified atom stereocenters. The molecule has 4 heteroatoms. The average Bonchev–Trinajstić information content (AvgIpc) is 2.73. The zero-order chi connectivity index (χ0) is 24.1. The molecular formula is C29H39FN2O. The highest BCUT2D eigenvalue weighted by atomic mass is 19.1. The van der Waals surface area contributed by atoms with Gasteiger partial charge in [-0.05, 0) is 93.3 Å². The fraction of sp³-hybridized carbons (Fsp3) is 0.276. The van der Waals surface area contributed by atoms with E-state index >= 15 is 0 Å². The number of carbonyl (C=O) groups excluding carboxylic acids is 1. The third-order valence-electron chi connectivity index (χ3n) is 4.64. The number of allylic oxidation sites excluding steroid dienone is 6. The fourth-order valence-corrected chi connectivity index (χ4v) is 2.91. The quantitative estimate of drug-likeness (QED) is 0.314. The normalized spacial score (nSPS) is 11.0. The lowest BCUT2D eigenvalue weighted by atomic mass is 9.97. The van der Waals surface area contributed by atoms with Crippen LogP contribution in [0.25, 0.3) is 0 Å². The van der Waals surface area contributed by atoms with Gasteiger partial charge in [-0.3, -0.25) is 4.79 Å². The number of hydrogen-bond donors (Lipinski definition) is 2. The summed E-state index contributed by atoms with van der Waals surface area (Å²) in [5, 5.41) is 3.15. The van der Waals surface area contributed by atoms with Gasteiger partial charge in [0.25, 0.3) is 0 Å². The van der Waals surface area contributed by atoms with Crippen LogP contribution in [0, 0.1) is 5.82 Å². The number of nitrogens with one attached hydrogen (secondary N) is 1. The molecule has 0 aliphatic rings. The standard InChI is InChI=1S/C17H19FO.C11H16N2.CH4/c1-5-15(12(2)3)11-16(13(4)19)10-14-6-8-17(18)9-7-14;1-9(2)13-11-5-3-10(4-6-11)7-8-12;/h5-9,11H,2,10H2,1,3-4H3;3-6,13H,1,7-8,12H2,2H3;1H4/b15-5-,16-11-;;. The van der Waals surface area contributed by atoms with E-state index in [0.717, 1.165) is 34.5 Å². The van der Waals surface area contributed by atoms with Gasteiger partial charge in [-0.15, -0.1) is 0 Å². The van der Waals surface area contributed by atoms with Crippen LogP contribution in [0.4, 0.5) is 10.1 Å². The molecular weight excluding hydrogens is 411 g/mol. The third kappa shape index (κ3) is 11.8. The minimum Gasteiger partial charge on any atom is -0.360 e. The molecule has 2 aromatic rings. The number of hydrogen-bond acceptors (Lipinski definition) is 3. The van der Waals surface area contributed by atoms with Crippen LogP contribution >= 0.6 is 0 Å². The molecule has 0 heterocycles. The Morgan fingerprint density at radius 1 is 1.00 bits per heavy atom. The van der Waals surface area contributed by atoms with Gasteiger partial charge < -0.3 is 11.1 Å². The van der Waals surface area contributed by atoms with Crippen LogP contribution in [0.1, 0.15) is 46.2 Å². The van der Waals surface area contributed by atoms with E-state index in [4.69, 9.17) is 5.73 Å². The summed E-state index contributed by atoms with van der Waals surface area (Å²) >= 11 is 0. The lowest BCUT2D eigenvalue weighted by molar-refractivity contribution is -0.113. The van der Waals surface area contributed by atoms with E-state index in [9.17, 15) is 9.18 Å². The van der Waals surface area contributed by atoms with Crippen LogP contribution in [0.15, 0.2) is 96.3 Å². The second-order valence-electron chi connectivity index (χ2n) is 7.69. The second-order valence-corrected chi connectivity index (χ2v) is 7.69. The molecule has 178 valence electrons. The molecule has 0 aliphatic carbocycles. The number of Topliss-reactive ketones (excluding diaryl/α,β-unsaturated/α-hetero) is 1. The topological polar surface area (TPSA) is 55.1 Å². The Hall–Kier alpha value is -3.24. The summed E-state index contributed by atoms with van der Waals surface area (Å²) in [6.07, 6.45) is 5.22. The van der Waals surface area contributed by atoms with Gasteiger partial charge in [0.15, 0.2) is 5.78 Å². The van der Waals surface area contributed by atoms with Crippen molar-refractivity contribution in [2.24, 2.45) is 5.73 Å². The summed E-state index contributed by atoms with van der Waals surface area (Å²) in [5.74, 6) is -0.252. The Labute approximate surface area is 199 Å². The highest BCUT2D eigenvalue weighted by Gasteiger charge is 2.07. The number of carbonyl (C=O) groups is 1. The van der Waals surface area contributed by atoms with Crippen LogP contribution in [0.2, 0.25) is 0 Å². The van der Waals surface area contributed by atoms with Crippen molar-refractivity contribution >= 4 is 11.5 Å². The molecule has 2 aromatic carbocycles. The van der Waals surface area contributed by atoms with Gasteiger partial charge in [0, 0.05) is 17.8 Å². The van der Waals surface area contributed by atoms with Crippen molar-refractivity contribution < 1.29 is 9.18 Å². The van der Waals surface area contributed by atoms with Crippen molar-refractivity contribution in [3.05, 3.63) is 113 Å². The van der Waals surface area contributed by atoms with E-state index in [1.54, 1.807) is 19.1 Å². The maximum Gasteiger partial charge on any atom is 0.156 e. The van der Waals surface area contributed by atoms with Crippen molar-refractivity contribution in [1.29, 1.82) is 0 Å². The van der Waals surface area contributed by atoms with Crippen LogP contribution in [-0.2, 0) is 17.6 Å². The predicted octanol–water partition coefficient (Wildman–Crippen LogP) is 7.18. The number of rotatable bonds is 9. The zero-order valence-electron chi connectivity index (χ0n) is 19.7. The monoisotopic (exact) mass is 450 g/mol. The first-order chi connectivity index (χ1) is 15.2. The number of benzene rings is 2. The van der Waals surface area contributed by atoms with E-state index < -0.39 is 0 Å². The molecule has 3 N–H and O–H groups in total. The molecule has 0 bridgehead atoms. The summed E-state index contributed by atoms with van der Waals surface area (Å²) < 4.78 is 12.9. The number of halogens is 1. The molecule has 0 spiro atoms. The lowest BCUT2D eigenvalue weighted by Crippen LogP contribution is -2.02. The molecule has 33 heavy (non-hydrogen) atoms. The summed E-state index contributed by atoms with van der Waals surface area (Å²) in [6, 6.07) is 14.4. The highest BCUT2D eigenvalue weighted by Crippen LogP contribution is 2.16. The summed E-state index contributed by atoms with van der Waals surface area (Å²) in [6.45, 7) is 15.7. The summed E-state index contributed by atoms with van der Waals surface area (Å²) in [4.78, 5) is 11.7. The summed E-state index contributed by atoms with van der Waals surface area (Å²) in [7, 11) is 0. The molecule has 3 nitrogen and oxygen atoms in total. The van der Waals surface area contributed by atoms with Crippen molar-refractivity contribution in [3.63, 3.8) is 0 Å². The number of anilines is 1. The fourth-order valence-electron chi connectivity index (χ4n) is 2.91. The number of ketones is 1. The van der Waals surface area contributed by atoms with Gasteiger partial charge in [0.1, 0.15) is 5.82 Å². The van der Waals surface area contributed by atoms with E-state index in [2.05, 4.69) is 30.6 Å². The second kappa shape index (κ2) is 15.5. The minimum absolute atomic E-state index is 0. The van der Waals surface area contributed by atoms with E-state index in [-0.39, 0.29) is 19.0 Å². The van der Waals surface area contributed by atoms with Gasteiger partial charge in [0.05, 0.1) is 0 Å². The lowest BCUT2D eigenvalue weighted by Gasteiger charge is -2.07. The van der Waals surface area contributed by atoms with Crippen molar-refractivity contribution in [2.45, 2.75) is 48.0 Å².